The summed E-state index contributed by atoms with van der Waals surface area (Å²) in [5.41, 5.74) is 11.8. The van der Waals surface area contributed by atoms with Crippen LogP contribution in [0, 0.1) is 0 Å². The molecule has 12 rings (SSSR count). The number of hydrogen-bond donors (Lipinski definition) is 0. The SMILES string of the molecule is c1ccc(-c2cc(-c3ccc(-c4ccc5sc6c(ccc7c(-c8ccccc8)nc8ccccc8c76)c5c4)cc3)nc(-c3cccc4c3oc3ccccc34)n2)cc1. The van der Waals surface area contributed by atoms with Crippen LogP contribution in [0.2, 0.25) is 0 Å². The average molecular weight is 758 g/mol. The van der Waals surface area contributed by atoms with Crippen LogP contribution in [-0.4, -0.2) is 15.0 Å². The molecule has 8 aromatic carbocycles. The minimum atomic E-state index is 0.631. The van der Waals surface area contributed by atoms with Crippen molar-refractivity contribution in [2.45, 2.75) is 0 Å². The fraction of sp³-hybridized carbons (Fsp3) is 0. The van der Waals surface area contributed by atoms with Gasteiger partial charge in [0.25, 0.3) is 0 Å². The second kappa shape index (κ2) is 13.1. The highest BCUT2D eigenvalue weighted by Crippen LogP contribution is 2.44. The zero-order chi connectivity index (χ0) is 38.2. The lowest BCUT2D eigenvalue weighted by Crippen LogP contribution is -1.96. The number of nitrogens with zero attached hydrogens (tertiary/aromatic N) is 3. The fourth-order valence-electron chi connectivity index (χ4n) is 8.49. The topological polar surface area (TPSA) is 51.8 Å². The molecule has 0 spiro atoms. The van der Waals surface area contributed by atoms with E-state index in [1.807, 2.05) is 47.7 Å². The van der Waals surface area contributed by atoms with Gasteiger partial charge in [-0.05, 0) is 47.5 Å². The highest BCUT2D eigenvalue weighted by atomic mass is 32.1. The molecular formula is C53H31N3OS. The van der Waals surface area contributed by atoms with Crippen LogP contribution in [0.1, 0.15) is 0 Å². The summed E-state index contributed by atoms with van der Waals surface area (Å²) in [6.45, 7) is 0. The Bertz CT molecular complexity index is 3550. The third kappa shape index (κ3) is 5.25. The number of furan rings is 1. The summed E-state index contributed by atoms with van der Waals surface area (Å²) < 4.78 is 8.99. The molecule has 0 saturated carbocycles. The second-order valence-electron chi connectivity index (χ2n) is 14.7. The van der Waals surface area contributed by atoms with Crippen LogP contribution in [0.15, 0.2) is 192 Å². The van der Waals surface area contributed by atoms with Crippen molar-refractivity contribution in [3.63, 3.8) is 0 Å². The van der Waals surface area contributed by atoms with Crippen molar-refractivity contribution in [2.75, 3.05) is 0 Å². The van der Waals surface area contributed by atoms with Crippen molar-refractivity contribution >= 4 is 75.1 Å². The molecule has 0 unspecified atom stereocenters. The number of fused-ring (bicyclic) bond motifs is 10. The highest BCUT2D eigenvalue weighted by Gasteiger charge is 2.19. The molecule has 0 amide bonds. The zero-order valence-electron chi connectivity index (χ0n) is 31.1. The van der Waals surface area contributed by atoms with E-state index < -0.39 is 0 Å². The van der Waals surface area contributed by atoms with Crippen LogP contribution < -0.4 is 0 Å². The molecule has 0 N–H and O–H groups in total. The maximum absolute atomic E-state index is 6.43. The van der Waals surface area contributed by atoms with E-state index in [9.17, 15) is 0 Å². The van der Waals surface area contributed by atoms with E-state index in [0.717, 1.165) is 72.4 Å². The Morgan fingerprint density at radius 3 is 1.84 bits per heavy atom. The monoisotopic (exact) mass is 757 g/mol. The average Bonchev–Trinajstić information content (AvgIpc) is 3.87. The van der Waals surface area contributed by atoms with Crippen LogP contribution in [0.5, 0.6) is 0 Å². The Labute approximate surface area is 337 Å². The highest BCUT2D eigenvalue weighted by molar-refractivity contribution is 7.26. The molecule has 4 nitrogen and oxygen atoms in total. The first-order valence-electron chi connectivity index (χ1n) is 19.4. The summed E-state index contributed by atoms with van der Waals surface area (Å²) in [5.74, 6) is 0.631. The number of para-hydroxylation sites is 3. The molecule has 4 aromatic heterocycles. The van der Waals surface area contributed by atoms with Gasteiger partial charge in [0.15, 0.2) is 5.82 Å². The lowest BCUT2D eigenvalue weighted by molar-refractivity contribution is 0.669. The van der Waals surface area contributed by atoms with Gasteiger partial charge in [-0.3, -0.25) is 0 Å². The number of aromatic nitrogens is 3. The van der Waals surface area contributed by atoms with Gasteiger partial charge in [0.1, 0.15) is 11.2 Å². The molecule has 0 saturated heterocycles. The number of benzene rings is 8. The van der Waals surface area contributed by atoms with Gasteiger partial charge in [-0.2, -0.15) is 0 Å². The Balaban J connectivity index is 0.968. The molecule has 0 atom stereocenters. The normalized spacial score (nSPS) is 11.8. The van der Waals surface area contributed by atoms with Crippen LogP contribution in [0.3, 0.4) is 0 Å². The molecule has 0 aliphatic rings. The van der Waals surface area contributed by atoms with E-state index in [0.29, 0.717) is 5.82 Å². The van der Waals surface area contributed by atoms with Crippen molar-refractivity contribution < 1.29 is 4.42 Å². The second-order valence-corrected chi connectivity index (χ2v) is 15.8. The Kier molecular flexibility index (Phi) is 7.37. The molecule has 0 bridgehead atoms. The van der Waals surface area contributed by atoms with Crippen molar-refractivity contribution in [3.8, 4) is 56.3 Å². The summed E-state index contributed by atoms with van der Waals surface area (Å²) in [7, 11) is 0. The largest absolute Gasteiger partial charge is 0.455 e. The van der Waals surface area contributed by atoms with Gasteiger partial charge < -0.3 is 4.42 Å². The van der Waals surface area contributed by atoms with Gasteiger partial charge in [0.05, 0.1) is 28.2 Å². The molecule has 0 aliphatic heterocycles. The summed E-state index contributed by atoms with van der Waals surface area (Å²) in [6.07, 6.45) is 0. The van der Waals surface area contributed by atoms with E-state index in [2.05, 4.69) is 152 Å². The van der Waals surface area contributed by atoms with Gasteiger partial charge in [-0.15, -0.1) is 11.3 Å². The van der Waals surface area contributed by atoms with Crippen molar-refractivity contribution in [2.24, 2.45) is 0 Å². The molecule has 58 heavy (non-hydrogen) atoms. The van der Waals surface area contributed by atoms with Crippen LogP contribution >= 0.6 is 11.3 Å². The van der Waals surface area contributed by atoms with Crippen LogP contribution in [-0.2, 0) is 0 Å². The molecule has 0 fully saturated rings. The van der Waals surface area contributed by atoms with Crippen molar-refractivity contribution in [1.82, 2.24) is 15.0 Å². The Hall–Kier alpha value is -7.47. The fourth-order valence-corrected chi connectivity index (χ4v) is 9.74. The standard InChI is InChI=1S/C53H31N3OS/c1-3-12-33(13-4-1)45-31-46(56-53(55-45)42-19-11-18-38-37-16-8-10-21-47(37)57-51(38)42)34-24-22-32(23-25-34)36-26-29-48-43(30-36)39-27-28-41-49(52(39)58-48)40-17-7-9-20-44(40)54-50(41)35-14-5-2-6-15-35/h1-31H. The lowest BCUT2D eigenvalue weighted by Gasteiger charge is -2.11. The first-order chi connectivity index (χ1) is 28.7. The first-order valence-corrected chi connectivity index (χ1v) is 20.2. The van der Waals surface area contributed by atoms with E-state index in [1.54, 1.807) is 0 Å². The number of hydrogen-bond acceptors (Lipinski definition) is 5. The van der Waals surface area contributed by atoms with E-state index in [1.165, 1.54) is 41.9 Å². The van der Waals surface area contributed by atoms with E-state index in [4.69, 9.17) is 19.4 Å². The van der Waals surface area contributed by atoms with E-state index in [-0.39, 0.29) is 0 Å². The van der Waals surface area contributed by atoms with Gasteiger partial charge >= 0.3 is 0 Å². The predicted molar refractivity (Wildman–Crippen MR) is 242 cm³/mol. The molecule has 270 valence electrons. The Morgan fingerprint density at radius 1 is 0.397 bits per heavy atom. The minimum Gasteiger partial charge on any atom is -0.455 e. The summed E-state index contributed by atoms with van der Waals surface area (Å²) >= 11 is 1.87. The quantitative estimate of drug-likeness (QED) is 0.164. The molecule has 0 radical (unpaired) electrons. The third-order valence-corrected chi connectivity index (χ3v) is 12.5. The summed E-state index contributed by atoms with van der Waals surface area (Å²) in [4.78, 5) is 15.5. The first kappa shape index (κ1) is 32.7. The van der Waals surface area contributed by atoms with E-state index >= 15 is 0 Å². The molecule has 0 aliphatic carbocycles. The summed E-state index contributed by atoms with van der Waals surface area (Å²) in [5, 5.41) is 8.30. The maximum Gasteiger partial charge on any atom is 0.164 e. The smallest absolute Gasteiger partial charge is 0.164 e. The molecule has 5 heteroatoms. The molecule has 4 heterocycles. The third-order valence-electron chi connectivity index (χ3n) is 11.3. The molecule has 12 aromatic rings. The van der Waals surface area contributed by atoms with Gasteiger partial charge in [-0.25, -0.2) is 15.0 Å². The van der Waals surface area contributed by atoms with Crippen LogP contribution in [0.4, 0.5) is 0 Å². The summed E-state index contributed by atoms with van der Waals surface area (Å²) in [6, 6.07) is 66.0. The van der Waals surface area contributed by atoms with Crippen LogP contribution in [0.25, 0.3) is 120 Å². The number of thiophene rings is 1. The lowest BCUT2D eigenvalue weighted by atomic mass is 9.97. The van der Waals surface area contributed by atoms with Gasteiger partial charge in [-0.1, -0.05) is 152 Å². The van der Waals surface area contributed by atoms with Crippen molar-refractivity contribution in [3.05, 3.63) is 188 Å². The minimum absolute atomic E-state index is 0.631. The van der Waals surface area contributed by atoms with Gasteiger partial charge in [0.2, 0.25) is 0 Å². The maximum atomic E-state index is 6.43. The van der Waals surface area contributed by atoms with Gasteiger partial charge in [0, 0.05) is 63.8 Å². The Morgan fingerprint density at radius 2 is 1.03 bits per heavy atom. The predicted octanol–water partition coefficient (Wildman–Crippen LogP) is 14.8. The molecular weight excluding hydrogens is 727 g/mol. The number of rotatable bonds is 5. The number of pyridine rings is 1. The van der Waals surface area contributed by atoms with Crippen molar-refractivity contribution in [1.29, 1.82) is 0 Å². The zero-order valence-corrected chi connectivity index (χ0v) is 31.9.